The average Bonchev–Trinajstić information content (AvgIpc) is 1.56. The van der Waals surface area contributed by atoms with Gasteiger partial charge in [-0.15, -0.1) is 0 Å². The molecular formula is C94H52N6O2. The summed E-state index contributed by atoms with van der Waals surface area (Å²) in [7, 11) is 0. The van der Waals surface area contributed by atoms with E-state index >= 15 is 0 Å². The zero-order valence-corrected chi connectivity index (χ0v) is 54.5. The average molecular weight is 1300 g/mol. The Bertz CT molecular complexity index is 7010. The lowest BCUT2D eigenvalue weighted by Crippen LogP contribution is -2.00. The third kappa shape index (κ3) is 8.63. The number of hydrogen-bond donors (Lipinski definition) is 0. The van der Waals surface area contributed by atoms with Crippen molar-refractivity contribution in [3.63, 3.8) is 0 Å². The lowest BCUT2D eigenvalue weighted by molar-refractivity contribution is 0.668. The Hall–Kier alpha value is -13.8. The first-order valence-electron chi connectivity index (χ1n) is 34.5. The minimum atomic E-state index is 0.572. The fourth-order valence-corrected chi connectivity index (χ4v) is 16.4. The molecule has 0 atom stereocenters. The summed E-state index contributed by atoms with van der Waals surface area (Å²) in [5.74, 6) is 3.56. The Morgan fingerprint density at radius 1 is 0.167 bits per heavy atom. The van der Waals surface area contributed by atoms with E-state index in [1.54, 1.807) is 0 Å². The molecule has 8 heteroatoms. The first-order chi connectivity index (χ1) is 50.5. The van der Waals surface area contributed by atoms with E-state index in [4.69, 9.17) is 38.7 Å². The van der Waals surface area contributed by atoms with Crippen molar-refractivity contribution in [2.75, 3.05) is 0 Å². The molecule has 0 aliphatic heterocycles. The first kappa shape index (κ1) is 56.2. The predicted molar refractivity (Wildman–Crippen MR) is 416 cm³/mol. The van der Waals surface area contributed by atoms with Crippen molar-refractivity contribution < 1.29 is 8.83 Å². The van der Waals surface area contributed by atoms with E-state index in [1.165, 1.54) is 71.8 Å². The molecule has 470 valence electrons. The highest BCUT2D eigenvalue weighted by Crippen LogP contribution is 2.56. The van der Waals surface area contributed by atoms with Crippen LogP contribution >= 0.6 is 0 Å². The molecule has 0 bridgehead atoms. The lowest BCUT2D eigenvalue weighted by atomic mass is 9.91. The van der Waals surface area contributed by atoms with Gasteiger partial charge in [0, 0.05) is 54.9 Å². The standard InChI is InChI=1S/C94H52N6O2/c1-3-19-55(20-4-1)89-95-91(61-37-35-53-17-7-9-23-57(53)47-61)99-93(97-89)76-32-16-34-82-88(76)78-50-59(40-46-81(78)101-82)64-42-45-73-70-29-13-26-66(84(70)75-31-15-28-68(64)86(73)75)60-39-41-67-72-44-43-65(69-27-14-30-71(85(69)72)77(67)49-60)63-51-79(87-74-25-11-12-33-80(74)102-83(87)52-63)94-98-90(56-21-5-2-6-22-56)96-92(100-94)62-38-36-54-18-8-10-24-58(54)48-62/h1-52H. The number of benzene rings is 16. The van der Waals surface area contributed by atoms with Gasteiger partial charge in [0.05, 0.1) is 0 Å². The van der Waals surface area contributed by atoms with Crippen LogP contribution in [-0.4, -0.2) is 29.9 Å². The molecule has 4 heterocycles. The molecule has 8 nitrogen and oxygen atoms in total. The van der Waals surface area contributed by atoms with E-state index in [1.807, 2.05) is 72.8 Å². The number of fused-ring (bicyclic) bond motifs is 14. The molecule has 0 amide bonds. The number of aromatic nitrogens is 6. The number of furan rings is 2. The quantitative estimate of drug-likeness (QED) is 0.141. The van der Waals surface area contributed by atoms with Crippen LogP contribution in [0.25, 0.3) is 233 Å². The van der Waals surface area contributed by atoms with Crippen molar-refractivity contribution in [2.24, 2.45) is 0 Å². The fourth-order valence-electron chi connectivity index (χ4n) is 16.4. The summed E-state index contributed by atoms with van der Waals surface area (Å²) in [6.45, 7) is 0. The van der Waals surface area contributed by atoms with E-state index < -0.39 is 0 Å². The van der Waals surface area contributed by atoms with Crippen LogP contribution in [0.5, 0.6) is 0 Å². The molecule has 22 rings (SSSR count). The van der Waals surface area contributed by atoms with Crippen molar-refractivity contribution in [1.82, 2.24) is 29.9 Å². The Balaban J connectivity index is 0.641. The second-order valence-electron chi connectivity index (χ2n) is 26.7. The summed E-state index contributed by atoms with van der Waals surface area (Å²) in [6, 6.07) is 112. The van der Waals surface area contributed by atoms with Crippen LogP contribution in [0.1, 0.15) is 0 Å². The molecule has 0 saturated carbocycles. The maximum atomic E-state index is 6.82. The van der Waals surface area contributed by atoms with E-state index in [0.717, 1.165) is 126 Å². The van der Waals surface area contributed by atoms with Crippen LogP contribution in [0, 0.1) is 0 Å². The van der Waals surface area contributed by atoms with Crippen molar-refractivity contribution in [2.45, 2.75) is 0 Å². The Morgan fingerprint density at radius 2 is 0.598 bits per heavy atom. The Labute approximate surface area is 583 Å². The number of rotatable bonds is 9. The second-order valence-corrected chi connectivity index (χ2v) is 26.7. The van der Waals surface area contributed by atoms with Gasteiger partial charge in [0.1, 0.15) is 22.3 Å². The van der Waals surface area contributed by atoms with Crippen LogP contribution in [-0.2, 0) is 0 Å². The van der Waals surface area contributed by atoms with Crippen molar-refractivity contribution in [3.8, 4) is 146 Å². The van der Waals surface area contributed by atoms with Gasteiger partial charge in [-0.1, -0.05) is 261 Å². The Morgan fingerprint density at radius 3 is 1.30 bits per heavy atom. The highest BCUT2D eigenvalue weighted by Gasteiger charge is 2.30. The lowest BCUT2D eigenvalue weighted by Gasteiger charge is -2.13. The molecule has 4 aromatic heterocycles. The van der Waals surface area contributed by atoms with Gasteiger partial charge in [-0.2, -0.15) is 0 Å². The van der Waals surface area contributed by atoms with Gasteiger partial charge in [-0.3, -0.25) is 0 Å². The maximum absolute atomic E-state index is 6.82. The molecule has 0 fully saturated rings. The van der Waals surface area contributed by atoms with Crippen LogP contribution in [0.2, 0.25) is 0 Å². The molecule has 20 aromatic rings. The second kappa shape index (κ2) is 21.8. The molecule has 102 heavy (non-hydrogen) atoms. The molecule has 0 spiro atoms. The van der Waals surface area contributed by atoms with E-state index in [9.17, 15) is 0 Å². The van der Waals surface area contributed by atoms with Crippen molar-refractivity contribution in [3.05, 3.63) is 315 Å². The molecule has 0 saturated heterocycles. The maximum Gasteiger partial charge on any atom is 0.164 e. The van der Waals surface area contributed by atoms with Crippen LogP contribution in [0.3, 0.4) is 0 Å². The summed E-state index contributed by atoms with van der Waals surface area (Å²) in [6.07, 6.45) is 0. The van der Waals surface area contributed by atoms with Gasteiger partial charge in [0.25, 0.3) is 0 Å². The zero-order chi connectivity index (χ0) is 66.7. The summed E-state index contributed by atoms with van der Waals surface area (Å²) in [4.78, 5) is 31.5. The highest BCUT2D eigenvalue weighted by atomic mass is 16.3. The first-order valence-corrected chi connectivity index (χ1v) is 34.5. The van der Waals surface area contributed by atoms with Gasteiger partial charge in [-0.05, 0) is 176 Å². The zero-order valence-electron chi connectivity index (χ0n) is 54.5. The van der Waals surface area contributed by atoms with Gasteiger partial charge < -0.3 is 8.83 Å². The molecular weight excluding hydrogens is 1250 g/mol. The van der Waals surface area contributed by atoms with Crippen molar-refractivity contribution in [1.29, 1.82) is 0 Å². The van der Waals surface area contributed by atoms with E-state index in [0.29, 0.717) is 34.9 Å². The van der Waals surface area contributed by atoms with Crippen LogP contribution in [0.15, 0.2) is 324 Å². The van der Waals surface area contributed by atoms with Gasteiger partial charge in [0.15, 0.2) is 34.9 Å². The molecule has 0 radical (unpaired) electrons. The number of hydrogen-bond acceptors (Lipinski definition) is 8. The molecule has 2 aliphatic carbocycles. The largest absolute Gasteiger partial charge is 0.456 e. The summed E-state index contributed by atoms with van der Waals surface area (Å²) in [5, 5.41) is 13.3. The molecule has 0 N–H and O–H groups in total. The van der Waals surface area contributed by atoms with Crippen molar-refractivity contribution >= 4 is 87.0 Å². The topological polar surface area (TPSA) is 104 Å². The highest BCUT2D eigenvalue weighted by molar-refractivity contribution is 6.24. The normalized spacial score (nSPS) is 12.1. The summed E-state index contributed by atoms with van der Waals surface area (Å²) < 4.78 is 13.5. The SMILES string of the molecule is c1ccc(-c2nc(-c3ccc4ccccc4c3)nc(-c3cc(-c4ccc5c6c(cccc46)-c4cc(-c6cccc7c6-c6cccc8c(-c9ccc%10oc%11cccc(-c%12nc(-c%13ccccc%13)nc(-c%13ccc%14ccccc%14c%13)n%12)c%11c%10c9)ccc-7c68)ccc4-5)cc4oc5ccccc5c34)n2)cc1. The third-order valence-corrected chi connectivity index (χ3v) is 21.0. The summed E-state index contributed by atoms with van der Waals surface area (Å²) in [5.41, 5.74) is 25.1. The minimum Gasteiger partial charge on any atom is -0.456 e. The summed E-state index contributed by atoms with van der Waals surface area (Å²) >= 11 is 0. The van der Waals surface area contributed by atoms with Gasteiger partial charge >= 0.3 is 0 Å². The monoisotopic (exact) mass is 1300 g/mol. The van der Waals surface area contributed by atoms with E-state index in [-0.39, 0.29) is 0 Å². The van der Waals surface area contributed by atoms with Gasteiger partial charge in [0.2, 0.25) is 0 Å². The van der Waals surface area contributed by atoms with Crippen LogP contribution in [0.4, 0.5) is 0 Å². The molecule has 0 unspecified atom stereocenters. The molecule has 2 aliphatic rings. The Kier molecular flexibility index (Phi) is 12.0. The fraction of sp³-hybridized carbons (Fsp3) is 0. The van der Waals surface area contributed by atoms with Crippen LogP contribution < -0.4 is 0 Å². The number of nitrogens with zero attached hydrogens (tertiary/aromatic N) is 6. The number of para-hydroxylation sites is 1. The predicted octanol–water partition coefficient (Wildman–Crippen LogP) is 24.8. The third-order valence-electron chi connectivity index (χ3n) is 21.0. The van der Waals surface area contributed by atoms with E-state index in [2.05, 4.69) is 243 Å². The minimum absolute atomic E-state index is 0.572. The molecule has 16 aromatic carbocycles. The smallest absolute Gasteiger partial charge is 0.164 e. The van der Waals surface area contributed by atoms with Gasteiger partial charge in [-0.25, -0.2) is 29.9 Å².